The van der Waals surface area contributed by atoms with Crippen LogP contribution in [0.5, 0.6) is 0 Å². The molecule has 2 radical (unpaired) electrons. The van der Waals surface area contributed by atoms with Crippen molar-refractivity contribution in [1.29, 1.82) is 0 Å². The van der Waals surface area contributed by atoms with Gasteiger partial charge in [0.1, 0.15) is 5.60 Å². The standard InChI is InChI=1S/C29H35BO/c1-3-5-15-24(4-2)23-31-29(26-18-11-7-12-19-26,27-20-13-8-14-21-27)22-28(30)25-16-9-6-10-17-25/h6-14,16-21,24,28H,3-5,15,22-23H2,1-2H3. The van der Waals surface area contributed by atoms with E-state index in [2.05, 4.69) is 98.8 Å². The summed E-state index contributed by atoms with van der Waals surface area (Å²) in [7, 11) is 6.79. The van der Waals surface area contributed by atoms with Gasteiger partial charge in [-0.2, -0.15) is 0 Å². The molecule has 0 aromatic heterocycles. The normalized spacial score (nSPS) is 13.6. The molecule has 0 aliphatic rings. The van der Waals surface area contributed by atoms with Crippen molar-refractivity contribution in [3.05, 3.63) is 108 Å². The summed E-state index contributed by atoms with van der Waals surface area (Å²) in [6.07, 6.45) is 5.49. The van der Waals surface area contributed by atoms with E-state index in [4.69, 9.17) is 12.6 Å². The Hall–Kier alpha value is -2.32. The molecular formula is C29H35BO. The van der Waals surface area contributed by atoms with E-state index in [0.717, 1.165) is 29.7 Å². The Kier molecular flexibility index (Phi) is 8.97. The summed E-state index contributed by atoms with van der Waals surface area (Å²) in [5.74, 6) is 0.428. The average Bonchev–Trinajstić information content (AvgIpc) is 2.85. The second-order valence-electron chi connectivity index (χ2n) is 8.51. The second-order valence-corrected chi connectivity index (χ2v) is 8.51. The Morgan fingerprint density at radius 2 is 1.29 bits per heavy atom. The molecule has 3 rings (SSSR count). The molecule has 0 N–H and O–H groups in total. The third-order valence-corrected chi connectivity index (χ3v) is 6.32. The van der Waals surface area contributed by atoms with Gasteiger partial charge in [-0.05, 0) is 35.7 Å². The first-order valence-electron chi connectivity index (χ1n) is 11.7. The number of hydrogen-bond donors (Lipinski definition) is 0. The van der Waals surface area contributed by atoms with Crippen molar-refractivity contribution in [3.63, 3.8) is 0 Å². The van der Waals surface area contributed by atoms with Gasteiger partial charge in [0.05, 0.1) is 14.5 Å². The maximum atomic E-state index is 6.96. The molecule has 0 amide bonds. The zero-order valence-electron chi connectivity index (χ0n) is 19.0. The molecule has 2 atom stereocenters. The van der Waals surface area contributed by atoms with Gasteiger partial charge in [-0.15, -0.1) is 0 Å². The van der Waals surface area contributed by atoms with Crippen molar-refractivity contribution >= 4 is 7.85 Å². The smallest absolute Gasteiger partial charge is 0.118 e. The average molecular weight is 410 g/mol. The number of ether oxygens (including phenoxy) is 1. The van der Waals surface area contributed by atoms with Gasteiger partial charge < -0.3 is 4.74 Å². The van der Waals surface area contributed by atoms with Crippen LogP contribution in [0.2, 0.25) is 0 Å². The summed E-state index contributed by atoms with van der Waals surface area (Å²) >= 11 is 0. The number of hydrogen-bond acceptors (Lipinski definition) is 1. The van der Waals surface area contributed by atoms with Crippen LogP contribution in [0, 0.1) is 5.92 Å². The van der Waals surface area contributed by atoms with E-state index >= 15 is 0 Å². The minimum atomic E-state index is -0.586. The predicted molar refractivity (Wildman–Crippen MR) is 132 cm³/mol. The molecule has 160 valence electrons. The summed E-state index contributed by atoms with van der Waals surface area (Å²) in [6.45, 7) is 5.26. The SMILES string of the molecule is [B]C(CC(OCC(CC)CCCC)(c1ccccc1)c1ccccc1)c1ccccc1. The Labute approximate surface area is 190 Å². The van der Waals surface area contributed by atoms with Crippen molar-refractivity contribution in [2.75, 3.05) is 6.61 Å². The summed E-state index contributed by atoms with van der Waals surface area (Å²) in [5.41, 5.74) is 2.88. The fourth-order valence-corrected chi connectivity index (χ4v) is 4.33. The Morgan fingerprint density at radius 1 is 0.774 bits per heavy atom. The van der Waals surface area contributed by atoms with E-state index in [9.17, 15) is 0 Å². The molecule has 0 spiro atoms. The molecule has 31 heavy (non-hydrogen) atoms. The van der Waals surface area contributed by atoms with E-state index in [1.807, 2.05) is 6.07 Å². The molecule has 0 aliphatic heterocycles. The fourth-order valence-electron chi connectivity index (χ4n) is 4.33. The van der Waals surface area contributed by atoms with Crippen molar-refractivity contribution in [1.82, 2.24) is 0 Å². The van der Waals surface area contributed by atoms with E-state index < -0.39 is 5.60 Å². The Balaban J connectivity index is 2.01. The van der Waals surface area contributed by atoms with Gasteiger partial charge in [-0.1, -0.05) is 130 Å². The summed E-state index contributed by atoms with van der Waals surface area (Å²) < 4.78 is 6.96. The van der Waals surface area contributed by atoms with E-state index in [1.54, 1.807) is 0 Å². The first-order chi connectivity index (χ1) is 15.2. The molecule has 0 saturated heterocycles. The lowest BCUT2D eigenvalue weighted by Crippen LogP contribution is -2.35. The zero-order valence-corrected chi connectivity index (χ0v) is 19.0. The third kappa shape index (κ3) is 6.11. The molecule has 1 nitrogen and oxygen atoms in total. The highest BCUT2D eigenvalue weighted by atomic mass is 16.5. The monoisotopic (exact) mass is 410 g/mol. The van der Waals surface area contributed by atoms with Crippen molar-refractivity contribution in [2.45, 2.75) is 57.4 Å². The van der Waals surface area contributed by atoms with Gasteiger partial charge in [0, 0.05) is 0 Å². The maximum absolute atomic E-state index is 6.96. The maximum Gasteiger partial charge on any atom is 0.118 e. The number of rotatable bonds is 12. The van der Waals surface area contributed by atoms with Crippen LogP contribution in [0.3, 0.4) is 0 Å². The number of unbranched alkanes of at least 4 members (excludes halogenated alkanes) is 1. The van der Waals surface area contributed by atoms with Crippen LogP contribution in [-0.2, 0) is 10.3 Å². The summed E-state index contributed by atoms with van der Waals surface area (Å²) in [5, 5.41) is 0. The molecular weight excluding hydrogens is 375 g/mol. The highest BCUT2D eigenvalue weighted by molar-refractivity contribution is 6.12. The van der Waals surface area contributed by atoms with Crippen LogP contribution >= 0.6 is 0 Å². The minimum absolute atomic E-state index is 0.127. The quantitative estimate of drug-likeness (QED) is 0.282. The molecule has 3 aromatic carbocycles. The lowest BCUT2D eigenvalue weighted by molar-refractivity contribution is -0.0450. The molecule has 0 saturated carbocycles. The molecule has 0 heterocycles. The highest BCUT2D eigenvalue weighted by Gasteiger charge is 2.37. The lowest BCUT2D eigenvalue weighted by atomic mass is 9.69. The predicted octanol–water partition coefficient (Wildman–Crippen LogP) is 7.46. The third-order valence-electron chi connectivity index (χ3n) is 6.32. The molecule has 2 unspecified atom stereocenters. The van der Waals surface area contributed by atoms with Gasteiger partial charge in [0.25, 0.3) is 0 Å². The fraction of sp³-hybridized carbons (Fsp3) is 0.379. The Morgan fingerprint density at radius 3 is 1.77 bits per heavy atom. The molecule has 2 heteroatoms. The second kappa shape index (κ2) is 11.9. The van der Waals surface area contributed by atoms with Crippen molar-refractivity contribution in [2.24, 2.45) is 5.92 Å². The highest BCUT2D eigenvalue weighted by Crippen LogP contribution is 2.42. The molecule has 0 aliphatic carbocycles. The summed E-state index contributed by atoms with van der Waals surface area (Å²) in [4.78, 5) is 0. The van der Waals surface area contributed by atoms with E-state index in [1.165, 1.54) is 19.3 Å². The van der Waals surface area contributed by atoms with Crippen LogP contribution in [0.15, 0.2) is 91.0 Å². The van der Waals surface area contributed by atoms with Gasteiger partial charge >= 0.3 is 0 Å². The topological polar surface area (TPSA) is 9.23 Å². The molecule has 0 bridgehead atoms. The largest absolute Gasteiger partial charge is 0.365 e. The first-order valence-corrected chi connectivity index (χ1v) is 11.7. The van der Waals surface area contributed by atoms with Crippen LogP contribution in [0.25, 0.3) is 0 Å². The number of benzene rings is 3. The van der Waals surface area contributed by atoms with Crippen molar-refractivity contribution in [3.8, 4) is 0 Å². The Bertz CT molecular complexity index is 824. The van der Waals surface area contributed by atoms with Crippen LogP contribution in [0.1, 0.15) is 68.5 Å². The van der Waals surface area contributed by atoms with Gasteiger partial charge in [0.2, 0.25) is 0 Å². The van der Waals surface area contributed by atoms with Crippen LogP contribution in [0.4, 0.5) is 0 Å². The van der Waals surface area contributed by atoms with Gasteiger partial charge in [-0.25, -0.2) is 0 Å². The van der Waals surface area contributed by atoms with E-state index in [-0.39, 0.29) is 5.82 Å². The van der Waals surface area contributed by atoms with E-state index in [0.29, 0.717) is 12.3 Å². The zero-order chi connectivity index (χ0) is 21.9. The molecule has 3 aromatic rings. The lowest BCUT2D eigenvalue weighted by Gasteiger charge is -2.39. The van der Waals surface area contributed by atoms with Gasteiger partial charge in [0.15, 0.2) is 0 Å². The minimum Gasteiger partial charge on any atom is -0.365 e. The van der Waals surface area contributed by atoms with Crippen LogP contribution in [-0.4, -0.2) is 14.5 Å². The molecule has 0 fully saturated rings. The van der Waals surface area contributed by atoms with Gasteiger partial charge in [-0.3, -0.25) is 0 Å². The first kappa shape index (κ1) is 23.4. The summed E-state index contributed by atoms with van der Waals surface area (Å²) in [6, 6.07) is 31.6. The van der Waals surface area contributed by atoms with Crippen LogP contribution < -0.4 is 0 Å². The van der Waals surface area contributed by atoms with Crippen molar-refractivity contribution < 1.29 is 4.74 Å².